The molecule has 0 spiro atoms. The van der Waals surface area contributed by atoms with Gasteiger partial charge in [0.05, 0.1) is 13.2 Å². The summed E-state index contributed by atoms with van der Waals surface area (Å²) in [5.74, 6) is -0.660. The van der Waals surface area contributed by atoms with E-state index in [4.69, 9.17) is 9.47 Å². The number of nitrogens with one attached hydrogen (secondary N) is 2. The summed E-state index contributed by atoms with van der Waals surface area (Å²) in [6, 6.07) is 21.0. The quantitative estimate of drug-likeness (QED) is 0.458. The zero-order valence-electron chi connectivity index (χ0n) is 16.8. The number of hydrogen-bond acceptors (Lipinski definition) is 4. The van der Waals surface area contributed by atoms with E-state index in [1.165, 1.54) is 5.56 Å². The Balaban J connectivity index is 1.82. The zero-order chi connectivity index (χ0) is 19.7. The Morgan fingerprint density at radius 3 is 2.25 bits per heavy atom. The van der Waals surface area contributed by atoms with Gasteiger partial charge in [-0.15, -0.1) is 6.58 Å². The van der Waals surface area contributed by atoms with Gasteiger partial charge < -0.3 is 20.1 Å². The summed E-state index contributed by atoms with van der Waals surface area (Å²) < 4.78 is 12.3. The van der Waals surface area contributed by atoms with Crippen LogP contribution in [0.2, 0.25) is 0 Å². The summed E-state index contributed by atoms with van der Waals surface area (Å²) in [6.07, 6.45) is 4.55. The first-order valence-corrected chi connectivity index (χ1v) is 10.1. The van der Waals surface area contributed by atoms with E-state index < -0.39 is 5.79 Å². The van der Waals surface area contributed by atoms with Gasteiger partial charge in [0, 0.05) is 24.1 Å². The van der Waals surface area contributed by atoms with Gasteiger partial charge >= 0.3 is 0 Å². The van der Waals surface area contributed by atoms with Gasteiger partial charge in [0.1, 0.15) is 0 Å². The van der Waals surface area contributed by atoms with Crippen molar-refractivity contribution in [1.29, 1.82) is 0 Å². The molecule has 2 aromatic carbocycles. The monoisotopic (exact) mass is 380 g/mol. The minimum Gasteiger partial charge on any atom is -0.343 e. The van der Waals surface area contributed by atoms with Crippen molar-refractivity contribution in [2.45, 2.75) is 30.6 Å². The molecule has 0 aliphatic carbocycles. The van der Waals surface area contributed by atoms with Crippen LogP contribution in [-0.2, 0) is 20.8 Å². The van der Waals surface area contributed by atoms with Crippen molar-refractivity contribution in [2.75, 3.05) is 33.4 Å². The fourth-order valence-electron chi connectivity index (χ4n) is 4.05. The highest BCUT2D eigenvalue weighted by atomic mass is 16.7. The molecule has 1 saturated heterocycles. The second kappa shape index (κ2) is 9.99. The summed E-state index contributed by atoms with van der Waals surface area (Å²) in [4.78, 5) is 0. The normalized spacial score (nSPS) is 17.9. The first-order chi connectivity index (χ1) is 13.7. The first-order valence-electron chi connectivity index (χ1n) is 10.1. The standard InChI is InChI=1S/C24H32N2O2/c1-3-17-26-18-16-23(25-2,21-10-6-4-7-11-21)14-15-24(27-19-20-28-24)22-12-8-5-9-13-22/h3-13,25-26H,1,14-20H2,2H3. The van der Waals surface area contributed by atoms with E-state index in [0.29, 0.717) is 13.2 Å². The number of rotatable bonds is 11. The van der Waals surface area contributed by atoms with Crippen LogP contribution in [0.3, 0.4) is 0 Å². The Kier molecular flexibility index (Phi) is 7.40. The van der Waals surface area contributed by atoms with Crippen LogP contribution in [0.4, 0.5) is 0 Å². The number of hydrogen-bond donors (Lipinski definition) is 2. The van der Waals surface area contributed by atoms with Crippen LogP contribution >= 0.6 is 0 Å². The highest BCUT2D eigenvalue weighted by Gasteiger charge is 2.41. The lowest BCUT2D eigenvalue weighted by Crippen LogP contribution is -2.44. The van der Waals surface area contributed by atoms with Crippen molar-refractivity contribution < 1.29 is 9.47 Å². The predicted molar refractivity (Wildman–Crippen MR) is 114 cm³/mol. The van der Waals surface area contributed by atoms with E-state index in [1.54, 1.807) is 0 Å². The molecule has 150 valence electrons. The molecule has 28 heavy (non-hydrogen) atoms. The summed E-state index contributed by atoms with van der Waals surface area (Å²) in [5, 5.41) is 7.07. The van der Waals surface area contributed by atoms with E-state index in [9.17, 15) is 0 Å². The van der Waals surface area contributed by atoms with Crippen LogP contribution in [-0.4, -0.2) is 33.4 Å². The average molecular weight is 381 g/mol. The fourth-order valence-corrected chi connectivity index (χ4v) is 4.05. The molecule has 2 aromatic rings. The molecule has 3 rings (SSSR count). The molecule has 0 radical (unpaired) electrons. The SMILES string of the molecule is C=CCNCCC(CCC1(c2ccccc2)OCCO1)(NC)c1ccccc1. The summed E-state index contributed by atoms with van der Waals surface area (Å²) in [7, 11) is 2.05. The molecular weight excluding hydrogens is 348 g/mol. The minimum atomic E-state index is -0.660. The van der Waals surface area contributed by atoms with Crippen molar-refractivity contribution >= 4 is 0 Å². The molecular formula is C24H32N2O2. The molecule has 2 N–H and O–H groups in total. The van der Waals surface area contributed by atoms with Crippen LogP contribution < -0.4 is 10.6 Å². The molecule has 1 aliphatic heterocycles. The molecule has 1 unspecified atom stereocenters. The van der Waals surface area contributed by atoms with Gasteiger partial charge in [-0.3, -0.25) is 0 Å². The van der Waals surface area contributed by atoms with Gasteiger partial charge in [0.15, 0.2) is 5.79 Å². The Bertz CT molecular complexity index is 714. The molecule has 4 heteroatoms. The molecule has 1 aliphatic rings. The van der Waals surface area contributed by atoms with Crippen molar-refractivity contribution in [3.05, 3.63) is 84.4 Å². The Labute approximate surface area is 168 Å². The second-order valence-corrected chi connectivity index (χ2v) is 7.26. The molecule has 0 aromatic heterocycles. The van der Waals surface area contributed by atoms with Crippen LogP contribution in [0.15, 0.2) is 73.3 Å². The van der Waals surface area contributed by atoms with E-state index in [2.05, 4.69) is 59.7 Å². The van der Waals surface area contributed by atoms with Gasteiger partial charge in [0.2, 0.25) is 0 Å². The molecule has 0 bridgehead atoms. The summed E-state index contributed by atoms with van der Waals surface area (Å²) >= 11 is 0. The highest BCUT2D eigenvalue weighted by Crippen LogP contribution is 2.40. The molecule has 4 nitrogen and oxygen atoms in total. The van der Waals surface area contributed by atoms with Crippen molar-refractivity contribution in [2.24, 2.45) is 0 Å². The third-order valence-corrected chi connectivity index (χ3v) is 5.67. The zero-order valence-corrected chi connectivity index (χ0v) is 16.8. The van der Waals surface area contributed by atoms with Gasteiger partial charge in [-0.05, 0) is 32.0 Å². The maximum absolute atomic E-state index is 6.17. The fraction of sp³-hybridized carbons (Fsp3) is 0.417. The highest BCUT2D eigenvalue weighted by molar-refractivity contribution is 5.26. The molecule has 1 heterocycles. The predicted octanol–water partition coefficient (Wildman–Crippen LogP) is 3.95. The van der Waals surface area contributed by atoms with E-state index >= 15 is 0 Å². The van der Waals surface area contributed by atoms with Crippen molar-refractivity contribution in [3.8, 4) is 0 Å². The third kappa shape index (κ3) is 4.70. The number of benzene rings is 2. The van der Waals surface area contributed by atoms with Crippen LogP contribution in [0.1, 0.15) is 30.4 Å². The lowest BCUT2D eigenvalue weighted by atomic mass is 9.80. The first kappa shape index (κ1) is 20.7. The summed E-state index contributed by atoms with van der Waals surface area (Å²) in [6.45, 7) is 6.78. The topological polar surface area (TPSA) is 42.5 Å². The Hall–Kier alpha value is -1.98. The van der Waals surface area contributed by atoms with Crippen LogP contribution in [0.5, 0.6) is 0 Å². The summed E-state index contributed by atoms with van der Waals surface area (Å²) in [5.41, 5.74) is 2.22. The van der Waals surface area contributed by atoms with Gasteiger partial charge in [-0.1, -0.05) is 66.7 Å². The van der Waals surface area contributed by atoms with Crippen LogP contribution in [0, 0.1) is 0 Å². The van der Waals surface area contributed by atoms with Crippen molar-refractivity contribution in [1.82, 2.24) is 10.6 Å². The Morgan fingerprint density at radius 1 is 1.00 bits per heavy atom. The maximum Gasteiger partial charge on any atom is 0.195 e. The lowest BCUT2D eigenvalue weighted by molar-refractivity contribution is -0.174. The molecule has 1 fully saturated rings. The maximum atomic E-state index is 6.17. The Morgan fingerprint density at radius 2 is 1.64 bits per heavy atom. The second-order valence-electron chi connectivity index (χ2n) is 7.26. The third-order valence-electron chi connectivity index (χ3n) is 5.67. The number of ether oxygens (including phenoxy) is 2. The van der Waals surface area contributed by atoms with E-state index in [1.807, 2.05) is 31.3 Å². The van der Waals surface area contributed by atoms with E-state index in [0.717, 1.165) is 37.9 Å². The average Bonchev–Trinajstić information content (AvgIpc) is 3.25. The molecule has 0 amide bonds. The molecule has 1 atom stereocenters. The minimum absolute atomic E-state index is 0.160. The van der Waals surface area contributed by atoms with E-state index in [-0.39, 0.29) is 5.54 Å². The lowest BCUT2D eigenvalue weighted by Gasteiger charge is -2.38. The largest absolute Gasteiger partial charge is 0.343 e. The smallest absolute Gasteiger partial charge is 0.195 e. The van der Waals surface area contributed by atoms with Crippen molar-refractivity contribution in [3.63, 3.8) is 0 Å². The van der Waals surface area contributed by atoms with Gasteiger partial charge in [-0.25, -0.2) is 0 Å². The van der Waals surface area contributed by atoms with Gasteiger partial charge in [0.25, 0.3) is 0 Å². The van der Waals surface area contributed by atoms with Gasteiger partial charge in [-0.2, -0.15) is 0 Å². The molecule has 0 saturated carbocycles. The van der Waals surface area contributed by atoms with Crippen LogP contribution in [0.25, 0.3) is 0 Å².